The second kappa shape index (κ2) is 8.42. The minimum Gasteiger partial charge on any atom is -0.446 e. The smallest absolute Gasteiger partial charge is 0.326 e. The molecule has 0 aliphatic heterocycles. The van der Waals surface area contributed by atoms with Crippen molar-refractivity contribution in [3.8, 4) is 6.07 Å². The zero-order valence-corrected chi connectivity index (χ0v) is 14.4. The summed E-state index contributed by atoms with van der Waals surface area (Å²) in [6.07, 6.45) is -0.896. The number of nitriles is 1. The molecule has 0 aliphatic carbocycles. The van der Waals surface area contributed by atoms with Crippen LogP contribution in [0.2, 0.25) is 0 Å². The Morgan fingerprint density at radius 1 is 1.21 bits per heavy atom. The maximum absolute atomic E-state index is 12.0. The zero-order chi connectivity index (χ0) is 18.3. The van der Waals surface area contributed by atoms with Gasteiger partial charge in [-0.15, -0.1) is 0 Å². The average Bonchev–Trinajstić information content (AvgIpc) is 2.51. The summed E-state index contributed by atoms with van der Waals surface area (Å²) in [4.78, 5) is 23.3. The molecule has 2 N–H and O–H groups in total. The Kier molecular flexibility index (Phi) is 6.88. The van der Waals surface area contributed by atoms with Gasteiger partial charge in [0.1, 0.15) is 12.6 Å². The highest BCUT2D eigenvalue weighted by molar-refractivity contribution is 7.89. The Hall–Kier alpha value is -2.44. The summed E-state index contributed by atoms with van der Waals surface area (Å²) < 4.78 is 31.1. The number of esters is 1. The van der Waals surface area contributed by atoms with Gasteiger partial charge in [0.15, 0.2) is 6.10 Å². The second-order valence-corrected chi connectivity index (χ2v) is 6.96. The molecular formula is C15H19N3O5S. The van der Waals surface area contributed by atoms with Crippen molar-refractivity contribution in [3.63, 3.8) is 0 Å². The van der Waals surface area contributed by atoms with E-state index >= 15 is 0 Å². The minimum atomic E-state index is -3.63. The Balaban J connectivity index is 2.68. The predicted molar refractivity (Wildman–Crippen MR) is 85.4 cm³/mol. The van der Waals surface area contributed by atoms with Crippen molar-refractivity contribution in [1.29, 1.82) is 5.26 Å². The molecule has 0 radical (unpaired) electrons. The Morgan fingerprint density at radius 2 is 1.79 bits per heavy atom. The van der Waals surface area contributed by atoms with Crippen LogP contribution in [0.15, 0.2) is 29.2 Å². The molecule has 0 bridgehead atoms. The van der Waals surface area contributed by atoms with E-state index < -0.39 is 28.0 Å². The second-order valence-electron chi connectivity index (χ2n) is 5.24. The van der Waals surface area contributed by atoms with Crippen LogP contribution in [0.5, 0.6) is 0 Å². The van der Waals surface area contributed by atoms with E-state index in [-0.39, 0.29) is 23.0 Å². The lowest BCUT2D eigenvalue weighted by atomic mass is 10.2. The summed E-state index contributed by atoms with van der Waals surface area (Å²) in [6, 6.07) is 6.76. The molecule has 9 heteroatoms. The summed E-state index contributed by atoms with van der Waals surface area (Å²) in [6.45, 7) is 4.42. The van der Waals surface area contributed by atoms with Crippen molar-refractivity contribution in [1.82, 2.24) is 10.0 Å². The van der Waals surface area contributed by atoms with E-state index in [1.165, 1.54) is 31.2 Å². The zero-order valence-electron chi connectivity index (χ0n) is 13.6. The summed E-state index contributed by atoms with van der Waals surface area (Å²) in [5.74, 6) is -1.30. The van der Waals surface area contributed by atoms with Gasteiger partial charge in [-0.3, -0.25) is 9.59 Å². The Morgan fingerprint density at radius 3 is 2.29 bits per heavy atom. The molecule has 1 aromatic carbocycles. The minimum absolute atomic E-state index is 0.0370. The van der Waals surface area contributed by atoms with Crippen LogP contribution in [0.25, 0.3) is 0 Å². The van der Waals surface area contributed by atoms with Crippen LogP contribution in [-0.4, -0.2) is 39.0 Å². The van der Waals surface area contributed by atoms with Crippen molar-refractivity contribution in [2.45, 2.75) is 37.8 Å². The fourth-order valence-electron chi connectivity index (χ4n) is 1.68. The average molecular weight is 353 g/mol. The van der Waals surface area contributed by atoms with Gasteiger partial charge in [-0.1, -0.05) is 0 Å². The lowest BCUT2D eigenvalue weighted by molar-refractivity contribution is -0.144. The molecule has 1 rings (SSSR count). The van der Waals surface area contributed by atoms with E-state index in [4.69, 9.17) is 5.26 Å². The van der Waals surface area contributed by atoms with E-state index in [0.717, 1.165) is 0 Å². The first-order valence-electron chi connectivity index (χ1n) is 7.15. The topological polar surface area (TPSA) is 125 Å². The fourth-order valence-corrected chi connectivity index (χ4v) is 2.93. The number of carbonyl (C=O) groups is 2. The number of hydrogen-bond donors (Lipinski definition) is 2. The fraction of sp³-hybridized carbons (Fsp3) is 0.400. The van der Waals surface area contributed by atoms with Gasteiger partial charge < -0.3 is 10.1 Å². The van der Waals surface area contributed by atoms with E-state index in [1.807, 2.05) is 0 Å². The first-order valence-corrected chi connectivity index (χ1v) is 8.63. The number of nitrogens with one attached hydrogen (secondary N) is 2. The summed E-state index contributed by atoms with van der Waals surface area (Å²) in [5, 5.41) is 10.8. The highest BCUT2D eigenvalue weighted by Gasteiger charge is 2.16. The van der Waals surface area contributed by atoms with Gasteiger partial charge in [-0.2, -0.15) is 5.26 Å². The van der Waals surface area contributed by atoms with Crippen LogP contribution in [0.3, 0.4) is 0 Å². The van der Waals surface area contributed by atoms with Crippen molar-refractivity contribution in [2.24, 2.45) is 0 Å². The molecule has 0 saturated heterocycles. The molecular weight excluding hydrogens is 334 g/mol. The third kappa shape index (κ3) is 5.98. The monoisotopic (exact) mass is 353 g/mol. The number of rotatable bonds is 7. The Labute approximate surface area is 140 Å². The van der Waals surface area contributed by atoms with Crippen molar-refractivity contribution in [2.75, 3.05) is 6.54 Å². The first-order chi connectivity index (χ1) is 11.2. The van der Waals surface area contributed by atoms with Crippen LogP contribution in [0.4, 0.5) is 0 Å². The van der Waals surface area contributed by atoms with Crippen LogP contribution in [0, 0.1) is 11.3 Å². The van der Waals surface area contributed by atoms with Crippen molar-refractivity contribution in [3.05, 3.63) is 29.8 Å². The molecule has 0 aromatic heterocycles. The van der Waals surface area contributed by atoms with Gasteiger partial charge >= 0.3 is 5.97 Å². The van der Waals surface area contributed by atoms with E-state index in [1.54, 1.807) is 19.9 Å². The molecule has 1 aromatic rings. The quantitative estimate of drug-likeness (QED) is 0.690. The van der Waals surface area contributed by atoms with Crippen LogP contribution in [-0.2, 0) is 19.6 Å². The molecule has 24 heavy (non-hydrogen) atoms. The van der Waals surface area contributed by atoms with E-state index in [9.17, 15) is 18.0 Å². The third-order valence-electron chi connectivity index (χ3n) is 2.70. The normalized spacial score (nSPS) is 12.3. The van der Waals surface area contributed by atoms with Gasteiger partial charge in [-0.25, -0.2) is 13.1 Å². The number of ether oxygens (including phenoxy) is 1. The van der Waals surface area contributed by atoms with Crippen molar-refractivity contribution < 1.29 is 22.7 Å². The standard InChI is InChI=1S/C15H19N3O5S/c1-10(2)18-24(21,22)13-6-4-12(5-7-13)15(20)17-9-14(19)23-11(3)8-16/h4-7,10-11,18H,9H2,1-3H3,(H,17,20)/t11-/m1/s1. The highest BCUT2D eigenvalue weighted by atomic mass is 32.2. The summed E-state index contributed by atoms with van der Waals surface area (Å²) >= 11 is 0. The van der Waals surface area contributed by atoms with Gasteiger partial charge in [-0.05, 0) is 45.0 Å². The van der Waals surface area contributed by atoms with Crippen molar-refractivity contribution >= 4 is 21.9 Å². The molecule has 0 heterocycles. The highest BCUT2D eigenvalue weighted by Crippen LogP contribution is 2.11. The van der Waals surface area contributed by atoms with Gasteiger partial charge in [0.05, 0.1) is 4.90 Å². The number of hydrogen-bond acceptors (Lipinski definition) is 6. The number of benzene rings is 1. The summed E-state index contributed by atoms with van der Waals surface area (Å²) in [5.41, 5.74) is 0.194. The lowest BCUT2D eigenvalue weighted by Gasteiger charge is -2.10. The largest absolute Gasteiger partial charge is 0.446 e. The van der Waals surface area contributed by atoms with Gasteiger partial charge in [0.2, 0.25) is 10.0 Å². The van der Waals surface area contributed by atoms with Crippen LogP contribution in [0.1, 0.15) is 31.1 Å². The molecule has 0 spiro atoms. The number of amides is 1. The molecule has 8 nitrogen and oxygen atoms in total. The summed E-state index contributed by atoms with van der Waals surface area (Å²) in [7, 11) is -3.63. The number of sulfonamides is 1. The van der Waals surface area contributed by atoms with Gasteiger partial charge in [0, 0.05) is 11.6 Å². The van der Waals surface area contributed by atoms with Gasteiger partial charge in [0.25, 0.3) is 5.91 Å². The lowest BCUT2D eigenvalue weighted by Crippen LogP contribution is -2.32. The molecule has 0 fully saturated rings. The number of nitrogens with zero attached hydrogens (tertiary/aromatic N) is 1. The van der Waals surface area contributed by atoms with E-state index in [0.29, 0.717) is 0 Å². The first kappa shape index (κ1) is 19.6. The predicted octanol–water partition coefficient (Wildman–Crippen LogP) is 0.558. The molecule has 130 valence electrons. The molecule has 0 saturated carbocycles. The molecule has 1 atom stereocenters. The SMILES string of the molecule is CC(C)NS(=O)(=O)c1ccc(C(=O)NCC(=O)O[C@H](C)C#N)cc1. The van der Waals surface area contributed by atoms with Crippen LogP contribution < -0.4 is 10.0 Å². The van der Waals surface area contributed by atoms with Crippen LogP contribution >= 0.6 is 0 Å². The maximum Gasteiger partial charge on any atom is 0.326 e. The molecule has 1 amide bonds. The maximum atomic E-state index is 12.0. The number of carbonyl (C=O) groups excluding carboxylic acids is 2. The molecule has 0 unspecified atom stereocenters. The third-order valence-corrected chi connectivity index (χ3v) is 4.38. The van der Waals surface area contributed by atoms with E-state index in [2.05, 4.69) is 14.8 Å². The Bertz CT molecular complexity index is 735. The molecule has 0 aliphatic rings.